The van der Waals surface area contributed by atoms with Crippen molar-refractivity contribution in [3.63, 3.8) is 0 Å². The van der Waals surface area contributed by atoms with E-state index in [4.69, 9.17) is 10.6 Å². The van der Waals surface area contributed by atoms with Gasteiger partial charge in [-0.25, -0.2) is 14.6 Å². The van der Waals surface area contributed by atoms with Gasteiger partial charge in [0.05, 0.1) is 37.1 Å². The molecule has 8 N–H and O–H groups in total. The Bertz CT molecular complexity index is 2260. The van der Waals surface area contributed by atoms with Crippen LogP contribution in [0, 0.1) is 0 Å². The summed E-state index contributed by atoms with van der Waals surface area (Å²) in [4.78, 5) is 88.3. The van der Waals surface area contributed by atoms with E-state index in [0.29, 0.717) is 36.2 Å². The average molecular weight is 814 g/mol. The van der Waals surface area contributed by atoms with Crippen molar-refractivity contribution in [1.82, 2.24) is 25.1 Å². The Morgan fingerprint density at radius 3 is 2.48 bits per heavy atom. The first kappa shape index (κ1) is 40.0. The number of benzene rings is 1. The number of aliphatic carboxylic acids is 2. The maximum atomic E-state index is 13.6. The van der Waals surface area contributed by atoms with Crippen LogP contribution in [0.3, 0.4) is 0 Å². The highest BCUT2D eigenvalue weighted by atomic mass is 32.2. The van der Waals surface area contributed by atoms with Crippen molar-refractivity contribution in [1.29, 1.82) is 0 Å². The second kappa shape index (κ2) is 15.5. The molecule has 298 valence electrons. The molecule has 6 rings (SSSR count). The van der Waals surface area contributed by atoms with Crippen LogP contribution >= 0.6 is 23.1 Å². The summed E-state index contributed by atoms with van der Waals surface area (Å²) in [5.41, 5.74) is 3.24. The fraction of sp³-hybridized carbons (Fsp3) is 0.429. The SMILES string of the molecule is CCn1cc(C(=O)NCC[N+]2(CC3=C(C(=O)O)N4C(=O)[C@@H](NC(=O)/C(=N\OC(C)(C)C(=O)O)c5csc(N)n5)C4SC3)CCCC2)c(=O)c2ccc(O)c(O)c21. The quantitative estimate of drug-likeness (QED) is 0.0391. The number of nitrogens with one attached hydrogen (secondary N) is 2. The molecule has 1 aromatic carbocycles. The zero-order chi connectivity index (χ0) is 40.7. The Labute approximate surface area is 327 Å². The van der Waals surface area contributed by atoms with E-state index in [-0.39, 0.29) is 51.8 Å². The number of quaternary nitrogens is 1. The average Bonchev–Trinajstić information content (AvgIpc) is 3.80. The van der Waals surface area contributed by atoms with Crippen LogP contribution < -0.4 is 21.8 Å². The summed E-state index contributed by atoms with van der Waals surface area (Å²) in [6, 6.07) is 1.40. The van der Waals surface area contributed by atoms with Crippen LogP contribution in [0.1, 0.15) is 49.7 Å². The van der Waals surface area contributed by atoms with Gasteiger partial charge in [0.2, 0.25) is 11.0 Å². The number of carboxylic acid groups (broad SMARTS) is 2. The summed E-state index contributed by atoms with van der Waals surface area (Å²) >= 11 is 2.29. The Hall–Kier alpha value is -5.67. The lowest BCUT2D eigenvalue weighted by Crippen LogP contribution is -2.71. The van der Waals surface area contributed by atoms with Crippen molar-refractivity contribution in [2.45, 2.75) is 57.2 Å². The van der Waals surface area contributed by atoms with E-state index in [9.17, 15) is 49.2 Å². The van der Waals surface area contributed by atoms with Crippen LogP contribution in [0.4, 0.5) is 5.13 Å². The molecular weight excluding hydrogens is 773 g/mol. The third-order valence-electron chi connectivity index (χ3n) is 10.1. The van der Waals surface area contributed by atoms with Gasteiger partial charge in [0.1, 0.15) is 34.9 Å². The largest absolute Gasteiger partial charge is 0.504 e. The number of β-lactam (4-membered cyclic amide) rings is 1. The topological polar surface area (TPSA) is 276 Å². The molecule has 19 nitrogen and oxygen atoms in total. The first-order valence-electron chi connectivity index (χ1n) is 17.6. The number of carbonyl (C=O) groups excluding carboxylic acids is 3. The van der Waals surface area contributed by atoms with E-state index in [0.717, 1.165) is 29.1 Å². The van der Waals surface area contributed by atoms with Crippen LogP contribution in [0.5, 0.6) is 11.5 Å². The molecule has 2 atom stereocenters. The number of hydrogen-bond donors (Lipinski definition) is 7. The molecule has 2 aromatic heterocycles. The third kappa shape index (κ3) is 7.48. The molecule has 0 aliphatic carbocycles. The number of hydrogen-bond acceptors (Lipinski definition) is 14. The Balaban J connectivity index is 1.16. The number of nitrogen functional groups attached to an aromatic ring is 1. The predicted octanol–water partition coefficient (Wildman–Crippen LogP) is 0.834. The number of phenolic OH excluding ortho intramolecular Hbond substituents is 2. The van der Waals surface area contributed by atoms with E-state index in [1.165, 1.54) is 53.9 Å². The van der Waals surface area contributed by atoms with Crippen molar-refractivity contribution in [3.05, 3.63) is 56.5 Å². The summed E-state index contributed by atoms with van der Waals surface area (Å²) in [6.45, 7) is 6.78. The number of fused-ring (bicyclic) bond motifs is 2. The summed E-state index contributed by atoms with van der Waals surface area (Å²) in [6.07, 6.45) is 3.07. The summed E-state index contributed by atoms with van der Waals surface area (Å²) in [7, 11) is 0. The van der Waals surface area contributed by atoms with Gasteiger partial charge in [-0.2, -0.15) is 0 Å². The number of nitrogens with zero attached hydrogens (tertiary/aromatic N) is 5. The number of aryl methyl sites for hydroxylation is 1. The second-order valence-electron chi connectivity index (χ2n) is 14.2. The number of oxime groups is 1. The molecule has 3 aliphatic rings. The van der Waals surface area contributed by atoms with Gasteiger partial charge in [0.25, 0.3) is 17.7 Å². The van der Waals surface area contributed by atoms with Gasteiger partial charge in [-0.1, -0.05) is 5.16 Å². The number of rotatable bonds is 14. The van der Waals surface area contributed by atoms with Gasteiger partial charge in [-0.15, -0.1) is 23.1 Å². The number of aromatic hydroxyl groups is 2. The van der Waals surface area contributed by atoms with Crippen LogP contribution in [-0.4, -0.2) is 130 Å². The molecule has 3 aliphatic heterocycles. The zero-order valence-electron chi connectivity index (χ0n) is 30.6. The number of phenols is 2. The molecule has 2 saturated heterocycles. The minimum atomic E-state index is -1.80. The van der Waals surface area contributed by atoms with Crippen molar-refractivity contribution < 1.29 is 53.7 Å². The van der Waals surface area contributed by atoms with Crippen LogP contribution in [0.2, 0.25) is 0 Å². The molecule has 5 heterocycles. The lowest BCUT2D eigenvalue weighted by Gasteiger charge is -2.50. The number of aromatic nitrogens is 2. The normalized spacial score (nSPS) is 19.4. The Morgan fingerprint density at radius 1 is 1.14 bits per heavy atom. The Kier molecular flexibility index (Phi) is 11.0. The van der Waals surface area contributed by atoms with Crippen LogP contribution in [-0.2, 0) is 30.6 Å². The first-order chi connectivity index (χ1) is 26.5. The number of anilines is 1. The first-order valence-corrected chi connectivity index (χ1v) is 19.5. The predicted molar refractivity (Wildman–Crippen MR) is 204 cm³/mol. The third-order valence-corrected chi connectivity index (χ3v) is 12.1. The molecular formula is C35H41N8O11S2+. The fourth-order valence-electron chi connectivity index (χ4n) is 7.07. The minimum Gasteiger partial charge on any atom is -0.504 e. The number of carbonyl (C=O) groups is 5. The minimum absolute atomic E-state index is 0.00731. The number of amides is 3. The van der Waals surface area contributed by atoms with Gasteiger partial charge >= 0.3 is 11.9 Å². The monoisotopic (exact) mass is 813 g/mol. The summed E-state index contributed by atoms with van der Waals surface area (Å²) in [5, 5.41) is 50.2. The number of thiazole rings is 1. The lowest BCUT2D eigenvalue weighted by molar-refractivity contribution is -0.911. The molecule has 0 radical (unpaired) electrons. The van der Waals surface area contributed by atoms with E-state index in [1.54, 1.807) is 6.92 Å². The fourth-order valence-corrected chi connectivity index (χ4v) is 8.95. The maximum Gasteiger partial charge on any atom is 0.352 e. The molecule has 56 heavy (non-hydrogen) atoms. The van der Waals surface area contributed by atoms with E-state index >= 15 is 0 Å². The number of pyridine rings is 1. The van der Waals surface area contributed by atoms with Gasteiger partial charge in [-0.05, 0) is 32.9 Å². The summed E-state index contributed by atoms with van der Waals surface area (Å²) < 4.78 is 1.95. The van der Waals surface area contributed by atoms with Crippen LogP contribution in [0.15, 0.2) is 44.9 Å². The highest BCUT2D eigenvalue weighted by Crippen LogP contribution is 2.41. The van der Waals surface area contributed by atoms with Gasteiger partial charge in [-0.3, -0.25) is 24.1 Å². The highest BCUT2D eigenvalue weighted by molar-refractivity contribution is 8.00. The molecule has 1 unspecified atom stereocenters. The maximum absolute atomic E-state index is 13.6. The number of thioether (sulfide) groups is 1. The van der Waals surface area contributed by atoms with Crippen molar-refractivity contribution in [2.75, 3.05) is 44.2 Å². The van der Waals surface area contributed by atoms with Crippen molar-refractivity contribution >= 4 is 74.5 Å². The number of likely N-dealkylation sites (tertiary alicyclic amines) is 1. The molecule has 3 aromatic rings. The summed E-state index contributed by atoms with van der Waals surface area (Å²) in [5.74, 6) is -5.44. The van der Waals surface area contributed by atoms with Gasteiger partial charge in [0, 0.05) is 42.3 Å². The molecule has 21 heteroatoms. The molecule has 0 saturated carbocycles. The molecule has 2 fully saturated rings. The standard InChI is InChI=1S/C35H40N8O11S2/c1-4-41-13-19(26(45)18-7-8-21(44)27(46)25(18)41)28(47)37-9-12-43(10-5-6-11-43)14-17-15-55-31-23(30(49)42(31)24(17)32(50)51)39-29(48)22(20-16-56-34(36)38-20)40-54-35(2,3)33(52)53/h7-8,13,16,23,31H,4-6,9-12,14-15H2,1-3H3,(H7-,36,37,38,39,40,44,45,46,47,48,50,51,52,53)/p+1/t23-,31?/m1/s1. The lowest BCUT2D eigenvalue weighted by atomic mass is 10.0. The molecule has 3 amide bonds. The smallest absolute Gasteiger partial charge is 0.352 e. The Morgan fingerprint density at radius 2 is 1.86 bits per heavy atom. The van der Waals surface area contributed by atoms with Crippen molar-refractivity contribution in [3.8, 4) is 11.5 Å². The van der Waals surface area contributed by atoms with Crippen LogP contribution in [0.25, 0.3) is 10.9 Å². The van der Waals surface area contributed by atoms with E-state index < -0.39 is 69.3 Å². The second-order valence-corrected chi connectivity index (χ2v) is 16.2. The van der Waals surface area contributed by atoms with Crippen molar-refractivity contribution in [2.24, 2.45) is 5.16 Å². The number of nitrogens with two attached hydrogens (primary N) is 1. The number of carboxylic acids is 2. The highest BCUT2D eigenvalue weighted by Gasteiger charge is 2.55. The van der Waals surface area contributed by atoms with E-state index in [2.05, 4.69) is 20.8 Å². The van der Waals surface area contributed by atoms with E-state index in [1.807, 2.05) is 0 Å². The van der Waals surface area contributed by atoms with Gasteiger partial charge in [0.15, 0.2) is 22.3 Å². The van der Waals surface area contributed by atoms with Gasteiger partial charge < -0.3 is 50.7 Å². The molecule has 0 spiro atoms. The molecule has 0 bridgehead atoms. The zero-order valence-corrected chi connectivity index (χ0v) is 32.2.